The number of rotatable bonds is 3. The number of nitrogens with zero attached hydrogens (tertiary/aromatic N) is 1. The van der Waals surface area contributed by atoms with Crippen molar-refractivity contribution < 1.29 is 4.79 Å². The highest BCUT2D eigenvalue weighted by molar-refractivity contribution is 7.08. The van der Waals surface area contributed by atoms with E-state index in [4.69, 9.17) is 0 Å². The highest BCUT2D eigenvalue weighted by atomic mass is 32.1. The summed E-state index contributed by atoms with van der Waals surface area (Å²) < 4.78 is 0. The van der Waals surface area contributed by atoms with Crippen LogP contribution in [0.1, 0.15) is 24.9 Å². The maximum absolute atomic E-state index is 11.6. The third kappa shape index (κ3) is 2.18. The second-order valence-electron chi connectivity index (χ2n) is 3.35. The smallest absolute Gasteiger partial charge is 0.253 e. The van der Waals surface area contributed by atoms with Crippen LogP contribution in [-0.2, 0) is 4.79 Å². The number of thiophene rings is 1. The maximum atomic E-state index is 11.6. The van der Waals surface area contributed by atoms with E-state index in [-0.39, 0.29) is 11.9 Å². The minimum atomic E-state index is -0.271. The molecule has 0 aliphatic carbocycles. The number of amides is 1. The zero-order chi connectivity index (χ0) is 10.7. The quantitative estimate of drug-likeness (QED) is 0.811. The van der Waals surface area contributed by atoms with Gasteiger partial charge in [0.15, 0.2) is 5.96 Å². The molecule has 2 rings (SSSR count). The molecule has 1 aliphatic heterocycles. The van der Waals surface area contributed by atoms with Crippen molar-refractivity contribution in [1.29, 1.82) is 0 Å². The van der Waals surface area contributed by atoms with Gasteiger partial charge in [-0.3, -0.25) is 15.1 Å². The zero-order valence-corrected chi connectivity index (χ0v) is 9.30. The molecule has 1 aliphatic rings. The van der Waals surface area contributed by atoms with E-state index in [1.54, 1.807) is 11.3 Å². The number of hydrogen-bond donors (Lipinski definition) is 2. The summed E-state index contributed by atoms with van der Waals surface area (Å²) in [5, 5.41) is 9.74. The number of carbonyl (C=O) groups excluding carboxylic acids is 1. The topological polar surface area (TPSA) is 53.5 Å². The first kappa shape index (κ1) is 10.2. The van der Waals surface area contributed by atoms with Gasteiger partial charge in [-0.1, -0.05) is 6.92 Å². The molecule has 0 aromatic carbocycles. The predicted molar refractivity (Wildman–Crippen MR) is 60.9 cm³/mol. The van der Waals surface area contributed by atoms with Gasteiger partial charge in [0.05, 0.1) is 0 Å². The molecule has 80 valence electrons. The number of guanidine groups is 1. The first-order valence-electron chi connectivity index (χ1n) is 4.95. The minimum Gasteiger partial charge on any atom is -0.340 e. The van der Waals surface area contributed by atoms with Crippen LogP contribution in [0.4, 0.5) is 0 Å². The largest absolute Gasteiger partial charge is 0.340 e. The molecule has 1 saturated heterocycles. The predicted octanol–water partition coefficient (Wildman–Crippen LogP) is 1.27. The molecule has 0 saturated carbocycles. The van der Waals surface area contributed by atoms with Crippen molar-refractivity contribution in [3.63, 3.8) is 0 Å². The molecule has 1 fully saturated rings. The molecule has 1 aromatic heterocycles. The lowest BCUT2D eigenvalue weighted by Gasteiger charge is -2.03. The van der Waals surface area contributed by atoms with Gasteiger partial charge in [0.25, 0.3) is 5.91 Å². The van der Waals surface area contributed by atoms with E-state index in [0.29, 0.717) is 5.96 Å². The Labute approximate surface area is 92.4 Å². The summed E-state index contributed by atoms with van der Waals surface area (Å²) in [6.07, 6.45) is 0.976. The van der Waals surface area contributed by atoms with Crippen LogP contribution in [0.25, 0.3) is 0 Å². The fourth-order valence-corrected chi connectivity index (χ4v) is 2.10. The fraction of sp³-hybridized carbons (Fsp3) is 0.400. The van der Waals surface area contributed by atoms with Gasteiger partial charge in [0.1, 0.15) is 6.04 Å². The van der Waals surface area contributed by atoms with Gasteiger partial charge in [-0.15, -0.1) is 0 Å². The van der Waals surface area contributed by atoms with Crippen LogP contribution in [0.15, 0.2) is 21.8 Å². The maximum Gasteiger partial charge on any atom is 0.253 e. The van der Waals surface area contributed by atoms with Gasteiger partial charge >= 0.3 is 0 Å². The Morgan fingerprint density at radius 1 is 1.60 bits per heavy atom. The molecular formula is C10H13N3OS. The summed E-state index contributed by atoms with van der Waals surface area (Å²) in [5.74, 6) is 0.571. The lowest BCUT2D eigenvalue weighted by molar-refractivity contribution is -0.120. The summed E-state index contributed by atoms with van der Waals surface area (Å²) in [6, 6.07) is 1.68. The Morgan fingerprint density at radius 3 is 3.13 bits per heavy atom. The van der Waals surface area contributed by atoms with Gasteiger partial charge < -0.3 is 5.32 Å². The van der Waals surface area contributed by atoms with Crippen LogP contribution in [0.5, 0.6) is 0 Å². The van der Waals surface area contributed by atoms with E-state index in [0.717, 1.165) is 18.5 Å². The van der Waals surface area contributed by atoms with E-state index in [2.05, 4.69) is 22.5 Å². The van der Waals surface area contributed by atoms with Gasteiger partial charge in [0, 0.05) is 6.54 Å². The van der Waals surface area contributed by atoms with E-state index < -0.39 is 0 Å². The lowest BCUT2D eigenvalue weighted by atomic mass is 10.1. The Balaban J connectivity index is 2.08. The SMILES string of the molecule is CCCN=C1NC(=O)C(c2ccsc2)N1. The fourth-order valence-electron chi connectivity index (χ4n) is 1.41. The van der Waals surface area contributed by atoms with Crippen molar-refractivity contribution in [3.05, 3.63) is 22.4 Å². The highest BCUT2D eigenvalue weighted by Gasteiger charge is 2.29. The first-order chi connectivity index (χ1) is 7.31. The van der Waals surface area contributed by atoms with Crippen molar-refractivity contribution in [3.8, 4) is 0 Å². The average molecular weight is 223 g/mol. The van der Waals surface area contributed by atoms with Gasteiger partial charge in [-0.25, -0.2) is 0 Å². The van der Waals surface area contributed by atoms with Crippen molar-refractivity contribution in [2.45, 2.75) is 19.4 Å². The summed E-state index contributed by atoms with van der Waals surface area (Å²) in [5.41, 5.74) is 0.999. The normalized spacial score (nSPS) is 22.9. The van der Waals surface area contributed by atoms with E-state index in [1.165, 1.54) is 0 Å². The first-order valence-corrected chi connectivity index (χ1v) is 5.89. The third-order valence-corrected chi connectivity index (χ3v) is 2.86. The number of nitrogens with one attached hydrogen (secondary N) is 2. The molecule has 1 atom stereocenters. The summed E-state index contributed by atoms with van der Waals surface area (Å²) in [7, 11) is 0. The average Bonchev–Trinajstić information content (AvgIpc) is 2.83. The molecule has 5 heteroatoms. The van der Waals surface area contributed by atoms with Crippen LogP contribution < -0.4 is 10.6 Å². The molecule has 0 bridgehead atoms. The molecule has 1 aromatic rings. The number of hydrogen-bond acceptors (Lipinski definition) is 3. The molecule has 1 amide bonds. The van der Waals surface area contributed by atoms with Crippen LogP contribution >= 0.6 is 11.3 Å². The van der Waals surface area contributed by atoms with Gasteiger partial charge in [-0.2, -0.15) is 11.3 Å². The Kier molecular flexibility index (Phi) is 3.01. The Bertz CT molecular complexity index is 372. The molecular weight excluding hydrogens is 210 g/mol. The molecule has 2 N–H and O–H groups in total. The third-order valence-electron chi connectivity index (χ3n) is 2.15. The molecule has 1 unspecified atom stereocenters. The van der Waals surface area contributed by atoms with Crippen LogP contribution in [0, 0.1) is 0 Å². The number of carbonyl (C=O) groups is 1. The lowest BCUT2D eigenvalue weighted by Crippen LogP contribution is -2.25. The zero-order valence-electron chi connectivity index (χ0n) is 8.49. The Hall–Kier alpha value is -1.36. The molecule has 2 heterocycles. The van der Waals surface area contributed by atoms with Gasteiger partial charge in [-0.05, 0) is 28.8 Å². The van der Waals surface area contributed by atoms with Crippen LogP contribution in [0.3, 0.4) is 0 Å². The van der Waals surface area contributed by atoms with Crippen molar-refractivity contribution >= 4 is 23.2 Å². The van der Waals surface area contributed by atoms with E-state index in [1.807, 2.05) is 16.8 Å². The molecule has 0 radical (unpaired) electrons. The van der Waals surface area contributed by atoms with Crippen LogP contribution in [-0.4, -0.2) is 18.4 Å². The van der Waals surface area contributed by atoms with Crippen molar-refractivity contribution in [2.75, 3.05) is 6.54 Å². The van der Waals surface area contributed by atoms with E-state index in [9.17, 15) is 4.79 Å². The minimum absolute atomic E-state index is 0.0248. The summed E-state index contributed by atoms with van der Waals surface area (Å²) in [6.45, 7) is 2.79. The molecule has 15 heavy (non-hydrogen) atoms. The second-order valence-corrected chi connectivity index (χ2v) is 4.13. The summed E-state index contributed by atoms with van der Waals surface area (Å²) >= 11 is 1.59. The van der Waals surface area contributed by atoms with Gasteiger partial charge in [0.2, 0.25) is 0 Å². The van der Waals surface area contributed by atoms with E-state index >= 15 is 0 Å². The second kappa shape index (κ2) is 4.44. The van der Waals surface area contributed by atoms with Crippen LogP contribution in [0.2, 0.25) is 0 Å². The number of aliphatic imine (C=N–C) groups is 1. The Morgan fingerprint density at radius 2 is 2.47 bits per heavy atom. The molecule has 4 nitrogen and oxygen atoms in total. The standard InChI is InChI=1S/C10H13N3OS/c1-2-4-11-10-12-8(9(14)13-10)7-3-5-15-6-7/h3,5-6,8H,2,4H2,1H3,(H2,11,12,13,14). The van der Waals surface area contributed by atoms with Crippen molar-refractivity contribution in [1.82, 2.24) is 10.6 Å². The van der Waals surface area contributed by atoms with Crippen molar-refractivity contribution in [2.24, 2.45) is 4.99 Å². The monoisotopic (exact) mass is 223 g/mol. The highest BCUT2D eigenvalue weighted by Crippen LogP contribution is 2.18. The summed E-state index contributed by atoms with van der Waals surface area (Å²) in [4.78, 5) is 15.8. The molecule has 0 spiro atoms.